The molecule has 2 aromatic rings. The van der Waals surface area contributed by atoms with E-state index < -0.39 is 30.1 Å². The lowest BCUT2D eigenvalue weighted by molar-refractivity contribution is -0.274. The third kappa shape index (κ3) is 6.82. The van der Waals surface area contributed by atoms with Gasteiger partial charge in [-0.25, -0.2) is 4.79 Å². The number of amides is 5. The van der Waals surface area contributed by atoms with Crippen LogP contribution in [0.1, 0.15) is 45.5 Å². The predicted molar refractivity (Wildman–Crippen MR) is 142 cm³/mol. The summed E-state index contributed by atoms with van der Waals surface area (Å²) in [5, 5.41) is 7.49. The molecule has 3 heterocycles. The third-order valence-electron chi connectivity index (χ3n) is 7.49. The van der Waals surface area contributed by atoms with Crippen LogP contribution in [0.25, 0.3) is 0 Å². The zero-order chi connectivity index (χ0) is 30.0. The Morgan fingerprint density at radius 2 is 1.90 bits per heavy atom. The number of halogens is 3. The summed E-state index contributed by atoms with van der Waals surface area (Å²) in [6.07, 6.45) is -4.50. The fourth-order valence-corrected chi connectivity index (χ4v) is 5.28. The van der Waals surface area contributed by atoms with Crippen LogP contribution in [0.15, 0.2) is 30.3 Å². The van der Waals surface area contributed by atoms with Crippen molar-refractivity contribution in [3.8, 4) is 5.75 Å². The number of nitrogens with zero attached hydrogens (tertiary/aromatic N) is 2. The first-order valence-corrected chi connectivity index (χ1v) is 13.5. The summed E-state index contributed by atoms with van der Waals surface area (Å²) in [6.45, 7) is 4.46. The Morgan fingerprint density at radius 1 is 1.14 bits per heavy atom. The van der Waals surface area contributed by atoms with Crippen LogP contribution >= 0.6 is 0 Å². The maximum absolute atomic E-state index is 13.1. The molecule has 3 N–H and O–H groups in total. The van der Waals surface area contributed by atoms with Crippen molar-refractivity contribution in [3.63, 3.8) is 0 Å². The molecule has 5 amide bonds. The van der Waals surface area contributed by atoms with Crippen LogP contribution < -0.4 is 20.7 Å². The van der Waals surface area contributed by atoms with E-state index in [1.165, 1.54) is 11.8 Å². The maximum Gasteiger partial charge on any atom is 0.573 e. The number of hydrogen-bond donors (Lipinski definition) is 3. The van der Waals surface area contributed by atoms with Crippen molar-refractivity contribution >= 4 is 29.4 Å². The minimum absolute atomic E-state index is 0.0310. The van der Waals surface area contributed by atoms with Gasteiger partial charge in [-0.2, -0.15) is 0 Å². The number of imide groups is 1. The molecule has 3 aliphatic heterocycles. The first kappa shape index (κ1) is 29.3. The number of anilines is 1. The molecule has 0 aromatic heterocycles. The van der Waals surface area contributed by atoms with Crippen molar-refractivity contribution in [1.82, 2.24) is 20.4 Å². The Hall–Kier alpha value is -4.17. The van der Waals surface area contributed by atoms with E-state index in [0.29, 0.717) is 55.1 Å². The molecule has 0 bridgehead atoms. The van der Waals surface area contributed by atoms with Crippen LogP contribution in [-0.4, -0.2) is 72.3 Å². The van der Waals surface area contributed by atoms with E-state index in [1.54, 1.807) is 24.3 Å². The van der Waals surface area contributed by atoms with E-state index in [0.717, 1.165) is 11.6 Å². The number of rotatable bonds is 7. The summed E-state index contributed by atoms with van der Waals surface area (Å²) in [4.78, 5) is 53.0. The molecule has 5 rings (SSSR count). The summed E-state index contributed by atoms with van der Waals surface area (Å²) >= 11 is 0. The molecule has 2 aromatic carbocycles. The lowest BCUT2D eigenvalue weighted by atomic mass is 10.0. The Morgan fingerprint density at radius 3 is 2.62 bits per heavy atom. The predicted octanol–water partition coefficient (Wildman–Crippen LogP) is 2.81. The highest BCUT2D eigenvalue weighted by Gasteiger charge is 2.39. The average Bonchev–Trinajstić information content (AvgIpc) is 3.25. The van der Waals surface area contributed by atoms with Gasteiger partial charge in [-0.1, -0.05) is 12.1 Å². The van der Waals surface area contributed by atoms with Crippen LogP contribution in [0, 0.1) is 6.92 Å². The van der Waals surface area contributed by atoms with Crippen LogP contribution in [0.4, 0.5) is 23.7 Å². The van der Waals surface area contributed by atoms with Gasteiger partial charge in [0.15, 0.2) is 0 Å². The van der Waals surface area contributed by atoms with Gasteiger partial charge in [-0.05, 0) is 47.7 Å². The second kappa shape index (κ2) is 12.0. The van der Waals surface area contributed by atoms with Gasteiger partial charge in [0.2, 0.25) is 11.8 Å². The third-order valence-corrected chi connectivity index (χ3v) is 7.49. The summed E-state index contributed by atoms with van der Waals surface area (Å²) in [6, 6.07) is 6.46. The molecule has 42 heavy (non-hydrogen) atoms. The van der Waals surface area contributed by atoms with Crippen molar-refractivity contribution in [2.75, 3.05) is 31.6 Å². The fraction of sp³-hybridized carbons (Fsp3) is 0.429. The minimum Gasteiger partial charge on any atom is -0.405 e. The summed E-state index contributed by atoms with van der Waals surface area (Å²) in [7, 11) is 0. The fourth-order valence-electron chi connectivity index (χ4n) is 5.28. The van der Waals surface area contributed by atoms with Gasteiger partial charge in [0.25, 0.3) is 5.91 Å². The standard InChI is InChI=1S/C28H30F3N5O6/c1-16-19(14-35-6-8-41-9-7-35)11-20(12-23(16)42-28(29,30)31)33-27(40)32-13-17-2-3-18-15-36(26(39)21(18)10-17)22-4-5-24(37)34-25(22)38/h2-3,10-12,22H,4-9,13-15H2,1H3,(H2,32,33,40)(H,34,37,38). The number of urea groups is 1. The highest BCUT2D eigenvalue weighted by molar-refractivity contribution is 6.05. The summed E-state index contributed by atoms with van der Waals surface area (Å²) in [5.41, 5.74) is 2.76. The first-order valence-electron chi connectivity index (χ1n) is 13.5. The Kier molecular flexibility index (Phi) is 8.36. The second-order valence-corrected chi connectivity index (χ2v) is 10.4. The van der Waals surface area contributed by atoms with Crippen molar-refractivity contribution < 1.29 is 41.8 Å². The van der Waals surface area contributed by atoms with Gasteiger partial charge in [-0.3, -0.25) is 24.6 Å². The van der Waals surface area contributed by atoms with Crippen LogP contribution in [0.5, 0.6) is 5.75 Å². The van der Waals surface area contributed by atoms with E-state index in [4.69, 9.17) is 4.74 Å². The number of hydrogen-bond acceptors (Lipinski definition) is 7. The maximum atomic E-state index is 13.1. The van der Waals surface area contributed by atoms with Gasteiger partial charge in [0, 0.05) is 56.5 Å². The molecule has 1 unspecified atom stereocenters. The largest absolute Gasteiger partial charge is 0.573 e. The van der Waals surface area contributed by atoms with E-state index in [2.05, 4.69) is 20.7 Å². The molecular weight excluding hydrogens is 559 g/mol. The van der Waals surface area contributed by atoms with Crippen molar-refractivity contribution in [2.45, 2.75) is 51.8 Å². The smallest absolute Gasteiger partial charge is 0.405 e. The van der Waals surface area contributed by atoms with Crippen LogP contribution in [0.2, 0.25) is 0 Å². The molecule has 3 aliphatic rings. The topological polar surface area (TPSA) is 129 Å². The lowest BCUT2D eigenvalue weighted by Crippen LogP contribution is -2.52. The molecule has 14 heteroatoms. The quantitative estimate of drug-likeness (QED) is 0.424. The van der Waals surface area contributed by atoms with Gasteiger partial charge in [0.05, 0.1) is 13.2 Å². The number of fused-ring (bicyclic) bond motifs is 1. The Bertz CT molecular complexity index is 1410. The normalized spacial score (nSPS) is 19.4. The van der Waals surface area contributed by atoms with E-state index >= 15 is 0 Å². The monoisotopic (exact) mass is 589 g/mol. The molecule has 0 spiro atoms. The van der Waals surface area contributed by atoms with E-state index in [-0.39, 0.29) is 43.4 Å². The van der Waals surface area contributed by atoms with Crippen LogP contribution in [0.3, 0.4) is 0 Å². The SMILES string of the molecule is Cc1c(CN2CCOCC2)cc(NC(=O)NCc2ccc3c(c2)C(=O)N(C2CCC(=O)NC2=O)C3)cc1OC(F)(F)F. The molecule has 0 radical (unpaired) electrons. The number of ether oxygens (including phenoxy) is 2. The number of benzene rings is 2. The molecule has 1 atom stereocenters. The first-order chi connectivity index (χ1) is 20.0. The highest BCUT2D eigenvalue weighted by Crippen LogP contribution is 2.33. The molecular formula is C28H30F3N5O6. The molecule has 2 fully saturated rings. The van der Waals surface area contributed by atoms with Gasteiger partial charge < -0.3 is 25.0 Å². The average molecular weight is 590 g/mol. The van der Waals surface area contributed by atoms with Crippen molar-refractivity contribution in [1.29, 1.82) is 0 Å². The molecule has 2 saturated heterocycles. The van der Waals surface area contributed by atoms with Gasteiger partial charge in [0.1, 0.15) is 11.8 Å². The summed E-state index contributed by atoms with van der Waals surface area (Å²) < 4.78 is 48.9. The zero-order valence-corrected chi connectivity index (χ0v) is 22.8. The number of morpholine rings is 1. The lowest BCUT2D eigenvalue weighted by Gasteiger charge is -2.29. The van der Waals surface area contributed by atoms with Crippen molar-refractivity contribution in [2.24, 2.45) is 0 Å². The number of nitrogens with one attached hydrogen (secondary N) is 3. The number of piperidine rings is 1. The number of carbonyl (C=O) groups excluding carboxylic acids is 4. The summed E-state index contributed by atoms with van der Waals surface area (Å²) in [5.74, 6) is -1.61. The highest BCUT2D eigenvalue weighted by atomic mass is 19.4. The van der Waals surface area contributed by atoms with Gasteiger partial charge >= 0.3 is 12.4 Å². The van der Waals surface area contributed by atoms with Crippen molar-refractivity contribution in [3.05, 3.63) is 58.1 Å². The van der Waals surface area contributed by atoms with E-state index in [1.807, 2.05) is 4.90 Å². The minimum atomic E-state index is -4.90. The Balaban J connectivity index is 1.24. The molecule has 0 aliphatic carbocycles. The van der Waals surface area contributed by atoms with Gasteiger partial charge in [-0.15, -0.1) is 13.2 Å². The second-order valence-electron chi connectivity index (χ2n) is 10.4. The van der Waals surface area contributed by atoms with E-state index in [9.17, 15) is 32.3 Å². The zero-order valence-electron chi connectivity index (χ0n) is 22.8. The molecule has 0 saturated carbocycles. The molecule has 11 nitrogen and oxygen atoms in total. The van der Waals surface area contributed by atoms with Crippen LogP contribution in [-0.2, 0) is 34.0 Å². The molecule has 224 valence electrons. The number of carbonyl (C=O) groups is 4. The number of alkyl halides is 3. The Labute approximate surface area is 239 Å².